The molecule has 0 unspecified atom stereocenters. The Morgan fingerprint density at radius 2 is 1.96 bits per heavy atom. The lowest BCUT2D eigenvalue weighted by molar-refractivity contribution is -0.0498. The van der Waals surface area contributed by atoms with Gasteiger partial charge in [-0.2, -0.15) is 8.78 Å². The summed E-state index contributed by atoms with van der Waals surface area (Å²) in [4.78, 5) is 12.2. The number of rotatable bonds is 9. The zero-order chi connectivity index (χ0) is 18.2. The van der Waals surface area contributed by atoms with E-state index in [0.717, 1.165) is 13.0 Å². The molecule has 0 saturated heterocycles. The Labute approximate surface area is 144 Å². The molecule has 0 radical (unpaired) electrons. The van der Waals surface area contributed by atoms with E-state index in [1.54, 1.807) is 19.1 Å². The highest BCUT2D eigenvalue weighted by Gasteiger charge is 2.17. The van der Waals surface area contributed by atoms with Crippen LogP contribution in [-0.2, 0) is 0 Å². The van der Waals surface area contributed by atoms with Crippen LogP contribution < -0.4 is 15.4 Å². The zero-order valence-electron chi connectivity index (χ0n) is 14.1. The number of aromatic nitrogens is 3. The van der Waals surface area contributed by atoms with E-state index in [1.165, 1.54) is 16.8 Å². The Morgan fingerprint density at radius 3 is 2.60 bits per heavy atom. The monoisotopic (exact) mass is 353 g/mol. The van der Waals surface area contributed by atoms with E-state index in [0.29, 0.717) is 24.5 Å². The van der Waals surface area contributed by atoms with E-state index in [4.69, 9.17) is 0 Å². The van der Waals surface area contributed by atoms with E-state index >= 15 is 0 Å². The highest BCUT2D eigenvalue weighted by atomic mass is 19.3. The van der Waals surface area contributed by atoms with Crippen molar-refractivity contribution in [1.29, 1.82) is 0 Å². The van der Waals surface area contributed by atoms with Gasteiger partial charge in [-0.3, -0.25) is 4.79 Å². The van der Waals surface area contributed by atoms with Crippen LogP contribution in [0.5, 0.6) is 5.75 Å². The van der Waals surface area contributed by atoms with E-state index < -0.39 is 6.61 Å². The molecule has 0 fully saturated rings. The van der Waals surface area contributed by atoms with Crippen molar-refractivity contribution in [3.05, 3.63) is 35.7 Å². The Morgan fingerprint density at radius 1 is 1.24 bits per heavy atom. The summed E-state index contributed by atoms with van der Waals surface area (Å²) in [5.74, 6) is -0.256. The number of nitrogens with one attached hydrogen (secondary N) is 2. The summed E-state index contributed by atoms with van der Waals surface area (Å²) >= 11 is 0. The first kappa shape index (κ1) is 18.8. The summed E-state index contributed by atoms with van der Waals surface area (Å²) in [6, 6.07) is 5.94. The lowest BCUT2D eigenvalue weighted by Crippen LogP contribution is -2.32. The van der Waals surface area contributed by atoms with Gasteiger partial charge in [0.25, 0.3) is 5.91 Å². The Balaban J connectivity index is 2.01. The van der Waals surface area contributed by atoms with Crippen molar-refractivity contribution in [3.63, 3.8) is 0 Å². The second-order valence-corrected chi connectivity index (χ2v) is 5.31. The van der Waals surface area contributed by atoms with E-state index in [2.05, 4.69) is 32.6 Å². The van der Waals surface area contributed by atoms with Gasteiger partial charge < -0.3 is 15.4 Å². The summed E-state index contributed by atoms with van der Waals surface area (Å²) in [5.41, 5.74) is 1.38. The molecule has 0 aliphatic carbocycles. The van der Waals surface area contributed by atoms with Crippen molar-refractivity contribution in [2.45, 2.75) is 26.9 Å². The fourth-order valence-electron chi connectivity index (χ4n) is 2.20. The van der Waals surface area contributed by atoms with Crippen molar-refractivity contribution < 1.29 is 18.3 Å². The first-order valence-corrected chi connectivity index (χ1v) is 7.99. The number of benzene rings is 1. The Kier molecular flexibility index (Phi) is 6.81. The molecular weight excluding hydrogens is 332 g/mol. The van der Waals surface area contributed by atoms with Gasteiger partial charge in [-0.25, -0.2) is 4.68 Å². The van der Waals surface area contributed by atoms with Gasteiger partial charge in [0, 0.05) is 13.1 Å². The molecule has 1 aromatic carbocycles. The van der Waals surface area contributed by atoms with E-state index in [9.17, 15) is 13.6 Å². The van der Waals surface area contributed by atoms with Crippen LogP contribution in [0.3, 0.4) is 0 Å². The van der Waals surface area contributed by atoms with Gasteiger partial charge in [0.05, 0.1) is 11.4 Å². The number of hydrogen-bond acceptors (Lipinski definition) is 5. The fraction of sp³-hybridized carbons (Fsp3) is 0.438. The van der Waals surface area contributed by atoms with Crippen LogP contribution >= 0.6 is 0 Å². The molecule has 0 atom stereocenters. The Hall–Kier alpha value is -2.55. The van der Waals surface area contributed by atoms with Gasteiger partial charge in [0.2, 0.25) is 0 Å². The normalized spacial score (nSPS) is 10.9. The van der Waals surface area contributed by atoms with Crippen LogP contribution in [0.2, 0.25) is 0 Å². The van der Waals surface area contributed by atoms with Gasteiger partial charge in [-0.15, -0.1) is 5.10 Å². The van der Waals surface area contributed by atoms with Crippen LogP contribution in [0.15, 0.2) is 24.3 Å². The first-order chi connectivity index (χ1) is 12.0. The largest absolute Gasteiger partial charge is 0.435 e. The maximum atomic E-state index is 12.2. The molecule has 1 aromatic heterocycles. The molecule has 0 bridgehead atoms. The van der Waals surface area contributed by atoms with Crippen molar-refractivity contribution in [1.82, 2.24) is 25.6 Å². The minimum absolute atomic E-state index is 0.0501. The molecule has 0 saturated carbocycles. The third kappa shape index (κ3) is 5.21. The quantitative estimate of drug-likeness (QED) is 0.673. The summed E-state index contributed by atoms with van der Waals surface area (Å²) in [5, 5.41) is 13.8. The zero-order valence-corrected chi connectivity index (χ0v) is 14.1. The van der Waals surface area contributed by atoms with Gasteiger partial charge in [0.1, 0.15) is 5.75 Å². The predicted molar refractivity (Wildman–Crippen MR) is 88.2 cm³/mol. The molecule has 0 spiro atoms. The minimum Gasteiger partial charge on any atom is -0.435 e. The van der Waals surface area contributed by atoms with E-state index in [-0.39, 0.29) is 17.4 Å². The van der Waals surface area contributed by atoms with Gasteiger partial charge in [-0.05, 0) is 44.2 Å². The van der Waals surface area contributed by atoms with Crippen molar-refractivity contribution in [3.8, 4) is 11.4 Å². The molecular formula is C16H21F2N5O2. The third-order valence-corrected chi connectivity index (χ3v) is 3.43. The van der Waals surface area contributed by atoms with Crippen LogP contribution in [0.4, 0.5) is 8.78 Å². The SMILES string of the molecule is CCCNCCNC(=O)c1nnn(-c2ccc(OC(F)F)cc2)c1C. The van der Waals surface area contributed by atoms with Crippen LogP contribution in [0.1, 0.15) is 29.5 Å². The average molecular weight is 353 g/mol. The lowest BCUT2D eigenvalue weighted by atomic mass is 10.2. The minimum atomic E-state index is -2.87. The molecule has 7 nitrogen and oxygen atoms in total. The second-order valence-electron chi connectivity index (χ2n) is 5.31. The molecule has 0 aliphatic rings. The topological polar surface area (TPSA) is 81.1 Å². The number of carbonyl (C=O) groups excluding carboxylic acids is 1. The second kappa shape index (κ2) is 9.07. The molecule has 1 amide bonds. The number of amides is 1. The molecule has 9 heteroatoms. The van der Waals surface area contributed by atoms with Crippen molar-refractivity contribution in [2.75, 3.05) is 19.6 Å². The van der Waals surface area contributed by atoms with Gasteiger partial charge >= 0.3 is 6.61 Å². The lowest BCUT2D eigenvalue weighted by Gasteiger charge is -2.07. The van der Waals surface area contributed by atoms with Crippen molar-refractivity contribution in [2.24, 2.45) is 0 Å². The predicted octanol–water partition coefficient (Wildman–Crippen LogP) is 1.91. The number of nitrogens with zero attached hydrogens (tertiary/aromatic N) is 3. The van der Waals surface area contributed by atoms with Crippen molar-refractivity contribution >= 4 is 5.91 Å². The van der Waals surface area contributed by atoms with Crippen LogP contribution in [-0.4, -0.2) is 47.1 Å². The van der Waals surface area contributed by atoms with E-state index in [1.807, 2.05) is 0 Å². The first-order valence-electron chi connectivity index (χ1n) is 7.99. The highest BCUT2D eigenvalue weighted by Crippen LogP contribution is 2.18. The molecule has 2 N–H and O–H groups in total. The molecule has 25 heavy (non-hydrogen) atoms. The number of halogens is 2. The molecule has 2 aromatic rings. The third-order valence-electron chi connectivity index (χ3n) is 3.43. The summed E-state index contributed by atoms with van der Waals surface area (Å²) < 4.78 is 30.1. The summed E-state index contributed by atoms with van der Waals surface area (Å²) in [7, 11) is 0. The molecule has 1 heterocycles. The number of ether oxygens (including phenoxy) is 1. The Bertz CT molecular complexity index is 688. The highest BCUT2D eigenvalue weighted by molar-refractivity contribution is 5.93. The number of alkyl halides is 2. The number of hydrogen-bond donors (Lipinski definition) is 2. The summed E-state index contributed by atoms with van der Waals surface area (Å²) in [6.07, 6.45) is 1.03. The summed E-state index contributed by atoms with van der Waals surface area (Å²) in [6.45, 7) is 2.98. The average Bonchev–Trinajstić information content (AvgIpc) is 2.96. The standard InChI is InChI=1S/C16H21F2N5O2/c1-3-8-19-9-10-20-15(24)14-11(2)23(22-21-14)12-4-6-13(7-5-12)25-16(17)18/h4-7,16,19H,3,8-10H2,1-2H3,(H,20,24). The number of carbonyl (C=O) groups is 1. The fourth-order valence-corrected chi connectivity index (χ4v) is 2.20. The van der Waals surface area contributed by atoms with Crippen LogP contribution in [0, 0.1) is 6.92 Å². The maximum Gasteiger partial charge on any atom is 0.387 e. The smallest absolute Gasteiger partial charge is 0.387 e. The molecule has 2 rings (SSSR count). The maximum absolute atomic E-state index is 12.2. The molecule has 0 aliphatic heterocycles. The van der Waals surface area contributed by atoms with Gasteiger partial charge in [-0.1, -0.05) is 12.1 Å². The van der Waals surface area contributed by atoms with Gasteiger partial charge in [0.15, 0.2) is 5.69 Å². The molecule has 136 valence electrons. The van der Waals surface area contributed by atoms with Crippen LogP contribution in [0.25, 0.3) is 5.69 Å².